The van der Waals surface area contributed by atoms with Gasteiger partial charge in [0, 0.05) is 5.69 Å². The van der Waals surface area contributed by atoms with E-state index in [1.807, 2.05) is 0 Å². The standard InChI is InChI=1S/C13H13Cl2N3O2S/c1-17-21(19,20)12-6-5-8(7-10(12)16)18-11-4-2-3-9(14)13(11)15/h2-7,17-18H,16H2,1H3. The minimum Gasteiger partial charge on any atom is -0.398 e. The van der Waals surface area contributed by atoms with Gasteiger partial charge in [-0.15, -0.1) is 0 Å². The summed E-state index contributed by atoms with van der Waals surface area (Å²) in [4.78, 5) is 0.0211. The molecule has 21 heavy (non-hydrogen) atoms. The number of hydrogen-bond donors (Lipinski definition) is 3. The van der Waals surface area contributed by atoms with Crippen molar-refractivity contribution in [2.24, 2.45) is 0 Å². The van der Waals surface area contributed by atoms with Gasteiger partial charge in [0.25, 0.3) is 0 Å². The lowest BCUT2D eigenvalue weighted by molar-refractivity contribution is 0.588. The maximum absolute atomic E-state index is 11.7. The highest BCUT2D eigenvalue weighted by Crippen LogP contribution is 2.32. The maximum atomic E-state index is 11.7. The Bertz CT molecular complexity index is 779. The maximum Gasteiger partial charge on any atom is 0.242 e. The third kappa shape index (κ3) is 3.41. The third-order valence-electron chi connectivity index (χ3n) is 2.80. The number of anilines is 3. The largest absolute Gasteiger partial charge is 0.398 e. The molecule has 0 amide bonds. The highest BCUT2D eigenvalue weighted by Gasteiger charge is 2.15. The van der Waals surface area contributed by atoms with Crippen LogP contribution in [0.4, 0.5) is 17.1 Å². The quantitative estimate of drug-likeness (QED) is 0.742. The summed E-state index contributed by atoms with van der Waals surface area (Å²) < 4.78 is 25.7. The molecule has 2 aromatic rings. The minimum atomic E-state index is -3.58. The van der Waals surface area contributed by atoms with Gasteiger partial charge in [-0.05, 0) is 37.4 Å². The fourth-order valence-electron chi connectivity index (χ4n) is 1.74. The van der Waals surface area contributed by atoms with Crippen molar-refractivity contribution < 1.29 is 8.42 Å². The van der Waals surface area contributed by atoms with Crippen LogP contribution in [0.2, 0.25) is 10.0 Å². The average Bonchev–Trinajstić information content (AvgIpc) is 2.44. The zero-order valence-electron chi connectivity index (χ0n) is 11.0. The second-order valence-electron chi connectivity index (χ2n) is 4.19. The molecule has 8 heteroatoms. The van der Waals surface area contributed by atoms with Crippen LogP contribution in [0.5, 0.6) is 0 Å². The summed E-state index contributed by atoms with van der Waals surface area (Å²) in [6.45, 7) is 0. The molecule has 5 nitrogen and oxygen atoms in total. The van der Waals surface area contributed by atoms with Gasteiger partial charge in [-0.25, -0.2) is 13.1 Å². The van der Waals surface area contributed by atoms with E-state index in [1.54, 1.807) is 24.3 Å². The lowest BCUT2D eigenvalue weighted by Crippen LogP contribution is -2.19. The van der Waals surface area contributed by atoms with E-state index < -0.39 is 10.0 Å². The van der Waals surface area contributed by atoms with E-state index in [-0.39, 0.29) is 10.6 Å². The predicted molar refractivity (Wildman–Crippen MR) is 86.8 cm³/mol. The summed E-state index contributed by atoms with van der Waals surface area (Å²) in [5.74, 6) is 0. The number of halogens is 2. The van der Waals surface area contributed by atoms with Crippen LogP contribution in [0.25, 0.3) is 0 Å². The van der Waals surface area contributed by atoms with Crippen molar-refractivity contribution in [1.29, 1.82) is 0 Å². The van der Waals surface area contributed by atoms with Gasteiger partial charge in [0.15, 0.2) is 0 Å². The number of nitrogens with two attached hydrogens (primary N) is 1. The molecule has 0 aromatic heterocycles. The van der Waals surface area contributed by atoms with E-state index >= 15 is 0 Å². The molecule has 0 bridgehead atoms. The Morgan fingerprint density at radius 2 is 1.86 bits per heavy atom. The summed E-state index contributed by atoms with van der Waals surface area (Å²) in [5, 5.41) is 3.84. The topological polar surface area (TPSA) is 84.2 Å². The van der Waals surface area contributed by atoms with Crippen LogP contribution < -0.4 is 15.8 Å². The first-order valence-electron chi connectivity index (χ1n) is 5.89. The molecule has 0 spiro atoms. The molecule has 2 aromatic carbocycles. The molecule has 0 unspecified atom stereocenters. The second kappa shape index (κ2) is 6.11. The number of benzene rings is 2. The van der Waals surface area contributed by atoms with Crippen LogP contribution in [0.15, 0.2) is 41.3 Å². The number of nitrogen functional groups attached to an aromatic ring is 1. The Hall–Kier alpha value is -1.47. The van der Waals surface area contributed by atoms with Crippen LogP contribution in [-0.2, 0) is 10.0 Å². The molecule has 0 radical (unpaired) electrons. The van der Waals surface area contributed by atoms with Gasteiger partial charge in [-0.3, -0.25) is 0 Å². The van der Waals surface area contributed by atoms with Crippen LogP contribution in [0.3, 0.4) is 0 Å². The van der Waals surface area contributed by atoms with Crippen molar-refractivity contribution >= 4 is 50.3 Å². The smallest absolute Gasteiger partial charge is 0.242 e. The van der Waals surface area contributed by atoms with Gasteiger partial charge in [0.2, 0.25) is 10.0 Å². The normalized spacial score (nSPS) is 11.4. The molecular weight excluding hydrogens is 333 g/mol. The van der Waals surface area contributed by atoms with Crippen LogP contribution in [0, 0.1) is 0 Å². The Morgan fingerprint density at radius 3 is 2.48 bits per heavy atom. The molecule has 0 heterocycles. The summed E-state index contributed by atoms with van der Waals surface area (Å²) in [6, 6.07) is 9.70. The number of hydrogen-bond acceptors (Lipinski definition) is 4. The van der Waals surface area contributed by atoms with Gasteiger partial charge in [0.05, 0.1) is 21.4 Å². The first kappa shape index (κ1) is 15.9. The van der Waals surface area contributed by atoms with E-state index in [4.69, 9.17) is 28.9 Å². The predicted octanol–water partition coefficient (Wildman–Crippen LogP) is 3.23. The van der Waals surface area contributed by atoms with Gasteiger partial charge in [0.1, 0.15) is 4.90 Å². The molecule has 0 aliphatic heterocycles. The SMILES string of the molecule is CNS(=O)(=O)c1ccc(Nc2cccc(Cl)c2Cl)cc1N. The summed E-state index contributed by atoms with van der Waals surface area (Å²) in [7, 11) is -2.26. The highest BCUT2D eigenvalue weighted by molar-refractivity contribution is 7.89. The highest BCUT2D eigenvalue weighted by atomic mass is 35.5. The molecule has 0 atom stereocenters. The Morgan fingerprint density at radius 1 is 1.14 bits per heavy atom. The van der Waals surface area contributed by atoms with Crippen molar-refractivity contribution in [1.82, 2.24) is 4.72 Å². The molecule has 0 aliphatic rings. The van der Waals surface area contributed by atoms with Crippen molar-refractivity contribution in [2.75, 3.05) is 18.1 Å². The lowest BCUT2D eigenvalue weighted by atomic mass is 10.2. The molecule has 0 saturated carbocycles. The van der Waals surface area contributed by atoms with E-state index in [0.29, 0.717) is 21.4 Å². The van der Waals surface area contributed by atoms with E-state index in [2.05, 4.69) is 10.0 Å². The van der Waals surface area contributed by atoms with Crippen molar-refractivity contribution in [2.45, 2.75) is 4.90 Å². The van der Waals surface area contributed by atoms with Gasteiger partial charge >= 0.3 is 0 Å². The molecule has 4 N–H and O–H groups in total. The van der Waals surface area contributed by atoms with Crippen molar-refractivity contribution in [3.63, 3.8) is 0 Å². The van der Waals surface area contributed by atoms with Gasteiger partial charge in [-0.2, -0.15) is 0 Å². The van der Waals surface area contributed by atoms with E-state index in [1.165, 1.54) is 19.2 Å². The first-order valence-corrected chi connectivity index (χ1v) is 8.13. The average molecular weight is 346 g/mol. The fraction of sp³-hybridized carbons (Fsp3) is 0.0769. The second-order valence-corrected chi connectivity index (χ2v) is 6.83. The molecular formula is C13H13Cl2N3O2S. The molecule has 112 valence electrons. The van der Waals surface area contributed by atoms with Crippen LogP contribution in [0.1, 0.15) is 0 Å². The Balaban J connectivity index is 2.36. The molecule has 0 aliphatic carbocycles. The molecule has 0 fully saturated rings. The van der Waals surface area contributed by atoms with Crippen molar-refractivity contribution in [3.8, 4) is 0 Å². The third-order valence-corrected chi connectivity index (χ3v) is 5.11. The van der Waals surface area contributed by atoms with Crippen LogP contribution in [-0.4, -0.2) is 15.5 Å². The zero-order valence-corrected chi connectivity index (χ0v) is 13.4. The van der Waals surface area contributed by atoms with Crippen molar-refractivity contribution in [3.05, 3.63) is 46.4 Å². The van der Waals surface area contributed by atoms with Gasteiger partial charge < -0.3 is 11.1 Å². The summed E-state index contributed by atoms with van der Waals surface area (Å²) in [6.07, 6.45) is 0. The summed E-state index contributed by atoms with van der Waals surface area (Å²) in [5.41, 5.74) is 7.13. The number of nitrogens with one attached hydrogen (secondary N) is 2. The van der Waals surface area contributed by atoms with E-state index in [0.717, 1.165) is 0 Å². The number of sulfonamides is 1. The lowest BCUT2D eigenvalue weighted by Gasteiger charge is -2.12. The monoisotopic (exact) mass is 345 g/mol. The van der Waals surface area contributed by atoms with Gasteiger partial charge in [-0.1, -0.05) is 29.3 Å². The molecule has 0 saturated heterocycles. The van der Waals surface area contributed by atoms with Crippen LogP contribution >= 0.6 is 23.2 Å². The first-order chi connectivity index (χ1) is 9.85. The summed E-state index contributed by atoms with van der Waals surface area (Å²) >= 11 is 12.0. The molecule has 2 rings (SSSR count). The minimum absolute atomic E-state index is 0.0211. The fourth-order valence-corrected chi connectivity index (χ4v) is 2.92. The van der Waals surface area contributed by atoms with E-state index in [9.17, 15) is 8.42 Å². The number of rotatable bonds is 4. The zero-order chi connectivity index (χ0) is 15.6. The Kier molecular flexibility index (Phi) is 4.63. The Labute approximate surface area is 133 Å².